The Morgan fingerprint density at radius 1 is 1.09 bits per heavy atom. The Hall–Kier alpha value is -2.33. The molecule has 0 aliphatic heterocycles. The van der Waals surface area contributed by atoms with Crippen LogP contribution in [0.3, 0.4) is 0 Å². The van der Waals surface area contributed by atoms with Crippen molar-refractivity contribution in [3.8, 4) is 0 Å². The van der Waals surface area contributed by atoms with Gasteiger partial charge in [-0.2, -0.15) is 0 Å². The highest BCUT2D eigenvalue weighted by Gasteiger charge is 2.53. The standard InChI is InChI=1S/C18H20N2O2/c19-12-13-6-8-15(9-7-13)18(10-11-18)16(22-17(20)21)14-4-2-1-3-5-14/h1-9,16H,10-12,19H2,(H2,20,21). The third-order valence-corrected chi connectivity index (χ3v) is 4.39. The Labute approximate surface area is 130 Å². The van der Waals surface area contributed by atoms with Gasteiger partial charge in [0.1, 0.15) is 6.10 Å². The van der Waals surface area contributed by atoms with Gasteiger partial charge in [-0.15, -0.1) is 0 Å². The molecule has 1 atom stereocenters. The molecule has 0 saturated heterocycles. The van der Waals surface area contributed by atoms with E-state index in [0.29, 0.717) is 6.54 Å². The average molecular weight is 296 g/mol. The summed E-state index contributed by atoms with van der Waals surface area (Å²) in [5.74, 6) is 0. The largest absolute Gasteiger partial charge is 0.441 e. The fraction of sp³-hybridized carbons (Fsp3) is 0.278. The molecule has 4 heteroatoms. The van der Waals surface area contributed by atoms with Gasteiger partial charge in [0, 0.05) is 12.0 Å². The number of carbonyl (C=O) groups excluding carboxylic acids is 1. The van der Waals surface area contributed by atoms with Crippen LogP contribution in [0.5, 0.6) is 0 Å². The quantitative estimate of drug-likeness (QED) is 0.890. The summed E-state index contributed by atoms with van der Waals surface area (Å²) >= 11 is 0. The molecule has 1 aliphatic rings. The van der Waals surface area contributed by atoms with Crippen LogP contribution in [0.4, 0.5) is 4.79 Å². The molecule has 22 heavy (non-hydrogen) atoms. The Morgan fingerprint density at radius 2 is 1.73 bits per heavy atom. The second-order valence-electron chi connectivity index (χ2n) is 5.78. The van der Waals surface area contributed by atoms with Crippen molar-refractivity contribution in [2.24, 2.45) is 11.5 Å². The van der Waals surface area contributed by atoms with Crippen LogP contribution in [0.2, 0.25) is 0 Å². The Kier molecular flexibility index (Phi) is 3.86. The average Bonchev–Trinajstić information content (AvgIpc) is 3.35. The molecule has 0 bridgehead atoms. The summed E-state index contributed by atoms with van der Waals surface area (Å²) in [5, 5.41) is 0. The Morgan fingerprint density at radius 3 is 2.23 bits per heavy atom. The molecule has 1 unspecified atom stereocenters. The van der Waals surface area contributed by atoms with E-state index >= 15 is 0 Å². The van der Waals surface area contributed by atoms with Crippen molar-refractivity contribution in [1.82, 2.24) is 0 Å². The third-order valence-electron chi connectivity index (χ3n) is 4.39. The van der Waals surface area contributed by atoms with Crippen LogP contribution in [-0.4, -0.2) is 6.09 Å². The number of primary amides is 1. The number of nitrogens with two attached hydrogens (primary N) is 2. The van der Waals surface area contributed by atoms with E-state index in [1.165, 1.54) is 5.56 Å². The maximum absolute atomic E-state index is 11.4. The number of ether oxygens (including phenoxy) is 1. The van der Waals surface area contributed by atoms with Gasteiger partial charge in [-0.25, -0.2) is 4.79 Å². The van der Waals surface area contributed by atoms with E-state index in [1.54, 1.807) is 0 Å². The highest BCUT2D eigenvalue weighted by molar-refractivity contribution is 5.65. The molecule has 4 N–H and O–H groups in total. The lowest BCUT2D eigenvalue weighted by Gasteiger charge is -2.27. The maximum atomic E-state index is 11.4. The monoisotopic (exact) mass is 296 g/mol. The van der Waals surface area contributed by atoms with Gasteiger partial charge < -0.3 is 16.2 Å². The minimum atomic E-state index is -0.737. The third kappa shape index (κ3) is 2.70. The Balaban J connectivity index is 1.97. The van der Waals surface area contributed by atoms with Gasteiger partial charge in [-0.3, -0.25) is 0 Å². The molecule has 114 valence electrons. The summed E-state index contributed by atoms with van der Waals surface area (Å²) in [7, 11) is 0. The second kappa shape index (κ2) is 5.81. The fourth-order valence-electron chi connectivity index (χ4n) is 3.05. The van der Waals surface area contributed by atoms with E-state index in [2.05, 4.69) is 12.1 Å². The molecular formula is C18H20N2O2. The molecule has 2 aromatic rings. The zero-order chi connectivity index (χ0) is 15.6. The van der Waals surface area contributed by atoms with Crippen molar-refractivity contribution >= 4 is 6.09 Å². The van der Waals surface area contributed by atoms with E-state index in [4.69, 9.17) is 16.2 Å². The number of benzene rings is 2. The van der Waals surface area contributed by atoms with Gasteiger partial charge in [0.15, 0.2) is 0 Å². The summed E-state index contributed by atoms with van der Waals surface area (Å²) in [4.78, 5) is 11.4. The first-order valence-electron chi connectivity index (χ1n) is 7.46. The maximum Gasteiger partial charge on any atom is 0.405 e. The lowest BCUT2D eigenvalue weighted by molar-refractivity contribution is 0.0819. The van der Waals surface area contributed by atoms with Crippen molar-refractivity contribution in [1.29, 1.82) is 0 Å². The van der Waals surface area contributed by atoms with Crippen molar-refractivity contribution in [3.63, 3.8) is 0 Å². The second-order valence-corrected chi connectivity index (χ2v) is 5.78. The first-order chi connectivity index (χ1) is 10.7. The highest BCUT2D eigenvalue weighted by atomic mass is 16.6. The molecule has 4 nitrogen and oxygen atoms in total. The minimum absolute atomic E-state index is 0.177. The lowest BCUT2D eigenvalue weighted by Crippen LogP contribution is -2.27. The summed E-state index contributed by atoms with van der Waals surface area (Å²) in [6.07, 6.45) is 0.859. The molecule has 2 aromatic carbocycles. The first-order valence-corrected chi connectivity index (χ1v) is 7.46. The van der Waals surface area contributed by atoms with Crippen LogP contribution in [0.15, 0.2) is 54.6 Å². The van der Waals surface area contributed by atoms with Crippen molar-refractivity contribution < 1.29 is 9.53 Å². The number of hydrogen-bond donors (Lipinski definition) is 2. The molecule has 0 aromatic heterocycles. The molecule has 0 radical (unpaired) electrons. The van der Waals surface area contributed by atoms with Crippen molar-refractivity contribution in [3.05, 3.63) is 71.3 Å². The number of rotatable bonds is 5. The number of hydrogen-bond acceptors (Lipinski definition) is 3. The van der Waals surface area contributed by atoms with Crippen LogP contribution in [0, 0.1) is 0 Å². The summed E-state index contributed by atoms with van der Waals surface area (Å²) in [6, 6.07) is 18.0. The van der Waals surface area contributed by atoms with Gasteiger partial charge in [0.25, 0.3) is 0 Å². The summed E-state index contributed by atoms with van der Waals surface area (Å²) < 4.78 is 5.49. The van der Waals surface area contributed by atoms with E-state index in [-0.39, 0.29) is 11.5 Å². The number of amides is 1. The zero-order valence-corrected chi connectivity index (χ0v) is 12.4. The van der Waals surface area contributed by atoms with Gasteiger partial charge in [0.2, 0.25) is 0 Å². The van der Waals surface area contributed by atoms with E-state index in [9.17, 15) is 4.79 Å². The van der Waals surface area contributed by atoms with Crippen molar-refractivity contribution in [2.45, 2.75) is 30.9 Å². The predicted molar refractivity (Wildman–Crippen MR) is 85.1 cm³/mol. The van der Waals surface area contributed by atoms with Gasteiger partial charge >= 0.3 is 6.09 Å². The molecule has 1 fully saturated rings. The van der Waals surface area contributed by atoms with Crippen LogP contribution in [0.1, 0.15) is 35.6 Å². The molecule has 1 amide bonds. The zero-order valence-electron chi connectivity index (χ0n) is 12.4. The summed E-state index contributed by atoms with van der Waals surface area (Å²) in [5.41, 5.74) is 14.0. The van der Waals surface area contributed by atoms with Gasteiger partial charge in [-0.05, 0) is 29.5 Å². The van der Waals surface area contributed by atoms with Gasteiger partial charge in [-0.1, -0.05) is 54.6 Å². The molecule has 1 saturated carbocycles. The molecule has 1 aliphatic carbocycles. The van der Waals surface area contributed by atoms with E-state index in [0.717, 1.165) is 24.0 Å². The van der Waals surface area contributed by atoms with Gasteiger partial charge in [0.05, 0.1) is 0 Å². The van der Waals surface area contributed by atoms with Crippen LogP contribution in [-0.2, 0) is 16.7 Å². The van der Waals surface area contributed by atoms with Crippen LogP contribution in [0.25, 0.3) is 0 Å². The predicted octanol–water partition coefficient (Wildman–Crippen LogP) is 3.01. The Bertz CT molecular complexity index is 649. The van der Waals surface area contributed by atoms with E-state index in [1.807, 2.05) is 42.5 Å². The molecule has 3 rings (SSSR count). The summed E-state index contributed by atoms with van der Waals surface area (Å²) in [6.45, 7) is 0.521. The molecular weight excluding hydrogens is 276 g/mol. The fourth-order valence-corrected chi connectivity index (χ4v) is 3.05. The minimum Gasteiger partial charge on any atom is -0.441 e. The normalized spacial score (nSPS) is 16.8. The first kappa shape index (κ1) is 14.6. The number of carbonyl (C=O) groups is 1. The van der Waals surface area contributed by atoms with Crippen LogP contribution < -0.4 is 11.5 Å². The molecule has 0 heterocycles. The van der Waals surface area contributed by atoms with Crippen molar-refractivity contribution in [2.75, 3.05) is 0 Å². The highest BCUT2D eigenvalue weighted by Crippen LogP contribution is 2.58. The SMILES string of the molecule is NCc1ccc(C2(C(OC(N)=O)c3ccccc3)CC2)cc1. The van der Waals surface area contributed by atoms with Crippen LogP contribution >= 0.6 is 0 Å². The smallest absolute Gasteiger partial charge is 0.405 e. The molecule has 0 spiro atoms. The van der Waals surface area contributed by atoms with E-state index < -0.39 is 6.09 Å². The topological polar surface area (TPSA) is 78.3 Å². The lowest BCUT2D eigenvalue weighted by atomic mass is 9.85.